The van der Waals surface area contributed by atoms with Gasteiger partial charge in [0.1, 0.15) is 12.2 Å². The minimum absolute atomic E-state index is 0.0507. The maximum atomic E-state index is 12.2. The molecule has 0 aromatic rings. The molecule has 2 fully saturated rings. The number of hydrogen-bond acceptors (Lipinski definition) is 5. The van der Waals surface area contributed by atoms with Crippen LogP contribution in [0.15, 0.2) is 0 Å². The summed E-state index contributed by atoms with van der Waals surface area (Å²) in [5, 5.41) is 0.618. The lowest BCUT2D eigenvalue weighted by molar-refractivity contribution is -0.141. The minimum atomic E-state index is -0.501. The average Bonchev–Trinajstić information content (AvgIpc) is 3.12. The van der Waals surface area contributed by atoms with E-state index < -0.39 is 5.60 Å². The maximum absolute atomic E-state index is 12.2. The summed E-state index contributed by atoms with van der Waals surface area (Å²) in [5.74, 6) is 0.252. The molecule has 1 aliphatic carbocycles. The van der Waals surface area contributed by atoms with Crippen molar-refractivity contribution in [2.45, 2.75) is 76.2 Å². The van der Waals surface area contributed by atoms with E-state index in [1.807, 2.05) is 20.8 Å². The molecule has 6 heteroatoms. The summed E-state index contributed by atoms with van der Waals surface area (Å²) in [4.78, 5) is 25.8. The van der Waals surface area contributed by atoms with Gasteiger partial charge in [-0.05, 0) is 46.5 Å². The summed E-state index contributed by atoms with van der Waals surface area (Å²) in [6, 6.07) is -0.0507. The van der Waals surface area contributed by atoms with Crippen molar-refractivity contribution in [3.63, 3.8) is 0 Å². The van der Waals surface area contributed by atoms with Gasteiger partial charge in [-0.2, -0.15) is 0 Å². The molecule has 1 saturated carbocycles. The van der Waals surface area contributed by atoms with E-state index in [1.54, 1.807) is 16.7 Å². The predicted octanol–water partition coefficient (Wildman–Crippen LogP) is 3.60. The van der Waals surface area contributed by atoms with E-state index >= 15 is 0 Å². The van der Waals surface area contributed by atoms with Gasteiger partial charge < -0.3 is 14.4 Å². The molecule has 1 unspecified atom stereocenters. The standard InChI is InChI=1S/C17H29NO4S/c1-17(2,3)22-16(20)18-10-6-7-13(18)11-21-15(19)12-23-14-8-4-5-9-14/h13-14H,4-12H2,1-3H3. The quantitative estimate of drug-likeness (QED) is 0.714. The lowest BCUT2D eigenvalue weighted by Crippen LogP contribution is -2.42. The number of thioether (sulfide) groups is 1. The van der Waals surface area contributed by atoms with Crippen molar-refractivity contribution >= 4 is 23.8 Å². The van der Waals surface area contributed by atoms with Gasteiger partial charge in [-0.1, -0.05) is 12.8 Å². The van der Waals surface area contributed by atoms with Crippen LogP contribution in [0.4, 0.5) is 4.79 Å². The highest BCUT2D eigenvalue weighted by Gasteiger charge is 2.33. The first kappa shape index (κ1) is 18.4. The summed E-state index contributed by atoms with van der Waals surface area (Å²) in [6.45, 7) is 6.53. The highest BCUT2D eigenvalue weighted by atomic mass is 32.2. The molecule has 2 aliphatic rings. The van der Waals surface area contributed by atoms with Crippen LogP contribution >= 0.6 is 11.8 Å². The minimum Gasteiger partial charge on any atom is -0.463 e. The summed E-state index contributed by atoms with van der Waals surface area (Å²) in [7, 11) is 0. The van der Waals surface area contributed by atoms with Crippen LogP contribution in [0.1, 0.15) is 59.3 Å². The van der Waals surface area contributed by atoms with Gasteiger partial charge in [0, 0.05) is 11.8 Å². The number of amides is 1. The molecule has 2 rings (SSSR count). The second-order valence-corrected chi connectivity index (χ2v) is 8.66. The molecule has 23 heavy (non-hydrogen) atoms. The summed E-state index contributed by atoms with van der Waals surface area (Å²) >= 11 is 1.71. The average molecular weight is 343 g/mol. The zero-order valence-electron chi connectivity index (χ0n) is 14.5. The third-order valence-corrected chi connectivity index (χ3v) is 5.53. The van der Waals surface area contributed by atoms with Crippen molar-refractivity contribution in [3.05, 3.63) is 0 Å². The summed E-state index contributed by atoms with van der Waals surface area (Å²) in [6.07, 6.45) is 6.47. The van der Waals surface area contributed by atoms with Crippen LogP contribution in [0.2, 0.25) is 0 Å². The van der Waals surface area contributed by atoms with Gasteiger partial charge in [0.05, 0.1) is 11.8 Å². The fourth-order valence-corrected chi connectivity index (χ4v) is 4.16. The zero-order valence-corrected chi connectivity index (χ0v) is 15.3. The third kappa shape index (κ3) is 6.24. The van der Waals surface area contributed by atoms with E-state index in [-0.39, 0.29) is 24.7 Å². The van der Waals surface area contributed by atoms with Crippen molar-refractivity contribution in [1.29, 1.82) is 0 Å². The van der Waals surface area contributed by atoms with E-state index in [4.69, 9.17) is 9.47 Å². The number of carbonyl (C=O) groups excluding carboxylic acids is 2. The highest BCUT2D eigenvalue weighted by Crippen LogP contribution is 2.29. The van der Waals surface area contributed by atoms with Crippen molar-refractivity contribution in [3.8, 4) is 0 Å². The number of carbonyl (C=O) groups is 2. The molecule has 0 spiro atoms. The Bertz CT molecular complexity index is 415. The van der Waals surface area contributed by atoms with Gasteiger partial charge in [0.15, 0.2) is 0 Å². The third-order valence-electron chi connectivity index (χ3n) is 4.18. The monoisotopic (exact) mass is 343 g/mol. The van der Waals surface area contributed by atoms with Crippen LogP contribution < -0.4 is 0 Å². The Morgan fingerprint density at radius 2 is 1.83 bits per heavy atom. The molecule has 0 bridgehead atoms. The van der Waals surface area contributed by atoms with Gasteiger partial charge in [-0.25, -0.2) is 4.79 Å². The van der Waals surface area contributed by atoms with Gasteiger partial charge in [0.25, 0.3) is 0 Å². The molecule has 1 heterocycles. The van der Waals surface area contributed by atoms with Gasteiger partial charge >= 0.3 is 12.1 Å². The normalized spacial score (nSPS) is 22.4. The summed E-state index contributed by atoms with van der Waals surface area (Å²) < 4.78 is 10.8. The van der Waals surface area contributed by atoms with Gasteiger partial charge in [-0.3, -0.25) is 4.79 Å². The molecule has 0 radical (unpaired) electrons. The van der Waals surface area contributed by atoms with Gasteiger partial charge in [-0.15, -0.1) is 11.8 Å². The Morgan fingerprint density at radius 1 is 1.13 bits per heavy atom. The van der Waals surface area contributed by atoms with Crippen molar-refractivity contribution in [2.75, 3.05) is 18.9 Å². The van der Waals surface area contributed by atoms with E-state index in [2.05, 4.69) is 0 Å². The highest BCUT2D eigenvalue weighted by molar-refractivity contribution is 8.00. The smallest absolute Gasteiger partial charge is 0.410 e. The van der Waals surface area contributed by atoms with Crippen molar-refractivity contribution in [2.24, 2.45) is 0 Å². The topological polar surface area (TPSA) is 55.8 Å². The molecule has 5 nitrogen and oxygen atoms in total. The van der Waals surface area contributed by atoms with E-state index in [0.29, 0.717) is 17.5 Å². The van der Waals surface area contributed by atoms with Crippen molar-refractivity contribution in [1.82, 2.24) is 4.90 Å². The number of rotatable bonds is 5. The van der Waals surface area contributed by atoms with Crippen LogP contribution in [-0.4, -0.2) is 52.8 Å². The number of esters is 1. The molecule has 0 aromatic carbocycles. The predicted molar refractivity (Wildman–Crippen MR) is 91.6 cm³/mol. The molecular formula is C17H29NO4S. The molecule has 1 saturated heterocycles. The fourth-order valence-electron chi connectivity index (χ4n) is 3.04. The van der Waals surface area contributed by atoms with Crippen LogP contribution in [0.5, 0.6) is 0 Å². The lowest BCUT2D eigenvalue weighted by atomic mass is 10.2. The number of hydrogen-bond donors (Lipinski definition) is 0. The van der Waals surface area contributed by atoms with Crippen LogP contribution in [0, 0.1) is 0 Å². The molecular weight excluding hydrogens is 314 g/mol. The molecule has 1 amide bonds. The molecule has 0 N–H and O–H groups in total. The summed E-state index contributed by atoms with van der Waals surface area (Å²) in [5.41, 5.74) is -0.501. The molecule has 1 aliphatic heterocycles. The first-order valence-electron chi connectivity index (χ1n) is 8.62. The Morgan fingerprint density at radius 3 is 2.48 bits per heavy atom. The molecule has 0 aromatic heterocycles. The van der Waals surface area contributed by atoms with E-state index in [1.165, 1.54) is 25.7 Å². The van der Waals surface area contributed by atoms with E-state index in [9.17, 15) is 9.59 Å². The SMILES string of the molecule is CC(C)(C)OC(=O)N1CCCC1COC(=O)CSC1CCCC1. The van der Waals surface area contributed by atoms with Crippen LogP contribution in [0.3, 0.4) is 0 Å². The first-order valence-corrected chi connectivity index (χ1v) is 9.67. The second kappa shape index (κ2) is 8.27. The second-order valence-electron chi connectivity index (χ2n) is 7.37. The van der Waals surface area contributed by atoms with E-state index in [0.717, 1.165) is 12.8 Å². The lowest BCUT2D eigenvalue weighted by Gasteiger charge is -2.28. The van der Waals surface area contributed by atoms with Gasteiger partial charge in [0.2, 0.25) is 0 Å². The largest absolute Gasteiger partial charge is 0.463 e. The number of ether oxygens (including phenoxy) is 2. The Balaban J connectivity index is 1.70. The zero-order chi connectivity index (χ0) is 16.9. The first-order chi connectivity index (χ1) is 10.8. The van der Waals surface area contributed by atoms with Crippen LogP contribution in [0.25, 0.3) is 0 Å². The molecule has 1 atom stereocenters. The maximum Gasteiger partial charge on any atom is 0.410 e. The Labute approximate surface area is 143 Å². The molecule has 132 valence electrons. The van der Waals surface area contributed by atoms with Crippen molar-refractivity contribution < 1.29 is 19.1 Å². The fraction of sp³-hybridized carbons (Fsp3) is 0.882. The number of nitrogens with zero attached hydrogens (tertiary/aromatic N) is 1. The Hall–Kier alpha value is -0.910. The Kier molecular flexibility index (Phi) is 6.62. The van der Waals surface area contributed by atoms with Crippen LogP contribution in [-0.2, 0) is 14.3 Å². The number of likely N-dealkylation sites (tertiary alicyclic amines) is 1.